The number of hydrogen-bond acceptors (Lipinski definition) is 3. The number of halogens is 3. The van der Waals surface area contributed by atoms with Gasteiger partial charge >= 0.3 is 6.18 Å². The predicted octanol–water partition coefficient (Wildman–Crippen LogP) is 3.03. The summed E-state index contributed by atoms with van der Waals surface area (Å²) in [6.45, 7) is 1.00. The van der Waals surface area contributed by atoms with Crippen molar-refractivity contribution in [3.05, 3.63) is 24.3 Å². The molecule has 3 rings (SSSR count). The summed E-state index contributed by atoms with van der Waals surface area (Å²) in [6, 6.07) is 6.93. The van der Waals surface area contributed by atoms with Gasteiger partial charge in [-0.25, -0.2) is 0 Å². The van der Waals surface area contributed by atoms with Gasteiger partial charge in [0.05, 0.1) is 12.5 Å². The highest BCUT2D eigenvalue weighted by molar-refractivity contribution is 5.96. The molecule has 1 aromatic carbocycles. The van der Waals surface area contributed by atoms with E-state index in [0.29, 0.717) is 31.6 Å². The molecule has 26 heavy (non-hydrogen) atoms. The van der Waals surface area contributed by atoms with Crippen molar-refractivity contribution >= 4 is 23.2 Å². The zero-order chi connectivity index (χ0) is 18.7. The number of amides is 2. The van der Waals surface area contributed by atoms with Gasteiger partial charge in [-0.3, -0.25) is 14.5 Å². The van der Waals surface area contributed by atoms with Gasteiger partial charge in [0.15, 0.2) is 0 Å². The van der Waals surface area contributed by atoms with Crippen LogP contribution in [0.5, 0.6) is 0 Å². The molecule has 2 aliphatic heterocycles. The average Bonchev–Trinajstić information content (AvgIpc) is 3.01. The lowest BCUT2D eigenvalue weighted by atomic mass is 9.97. The van der Waals surface area contributed by atoms with Crippen LogP contribution in [0, 0.1) is 5.92 Å². The Balaban J connectivity index is 1.52. The summed E-state index contributed by atoms with van der Waals surface area (Å²) in [5.41, 5.74) is 1.35. The minimum absolute atomic E-state index is 0.0566. The van der Waals surface area contributed by atoms with Crippen LogP contribution in [0.15, 0.2) is 24.3 Å². The van der Waals surface area contributed by atoms with E-state index in [9.17, 15) is 22.8 Å². The van der Waals surface area contributed by atoms with Crippen LogP contribution in [0.25, 0.3) is 0 Å². The largest absolute Gasteiger partial charge is 0.393 e. The molecule has 1 aromatic rings. The minimum Gasteiger partial charge on any atom is -0.325 e. The number of alkyl halides is 3. The second kappa shape index (κ2) is 7.65. The fourth-order valence-electron chi connectivity index (χ4n) is 3.52. The molecule has 0 radical (unpaired) electrons. The number of likely N-dealkylation sites (tertiary alicyclic amines) is 1. The molecule has 1 atom stereocenters. The van der Waals surface area contributed by atoms with Crippen molar-refractivity contribution in [2.24, 2.45) is 5.92 Å². The lowest BCUT2D eigenvalue weighted by molar-refractivity contribution is -0.186. The lowest BCUT2D eigenvalue weighted by Crippen LogP contribution is -2.44. The van der Waals surface area contributed by atoms with Crippen molar-refractivity contribution in [1.29, 1.82) is 0 Å². The van der Waals surface area contributed by atoms with E-state index in [1.807, 2.05) is 0 Å². The van der Waals surface area contributed by atoms with Crippen molar-refractivity contribution in [1.82, 2.24) is 4.90 Å². The molecule has 2 amide bonds. The summed E-state index contributed by atoms with van der Waals surface area (Å²) in [5, 5.41) is 2.71. The molecule has 8 heteroatoms. The Morgan fingerprint density at radius 1 is 1.15 bits per heavy atom. The lowest BCUT2D eigenvalue weighted by Gasteiger charge is -2.33. The van der Waals surface area contributed by atoms with Crippen molar-refractivity contribution in [3.8, 4) is 0 Å². The number of piperidine rings is 1. The first-order valence-corrected chi connectivity index (χ1v) is 8.82. The predicted molar refractivity (Wildman–Crippen MR) is 91.9 cm³/mol. The minimum atomic E-state index is -4.21. The van der Waals surface area contributed by atoms with E-state index in [2.05, 4.69) is 5.32 Å². The third-order valence-electron chi connectivity index (χ3n) is 4.87. The molecule has 0 saturated carbocycles. The molecule has 0 unspecified atom stereocenters. The molecular formula is C18H22F3N3O2. The number of benzene rings is 1. The molecule has 5 nitrogen and oxygen atoms in total. The zero-order valence-corrected chi connectivity index (χ0v) is 14.4. The van der Waals surface area contributed by atoms with Crippen LogP contribution in [0.2, 0.25) is 0 Å². The Morgan fingerprint density at radius 2 is 1.88 bits per heavy atom. The van der Waals surface area contributed by atoms with Crippen LogP contribution < -0.4 is 10.2 Å². The molecule has 2 fully saturated rings. The van der Waals surface area contributed by atoms with Crippen LogP contribution in [0.3, 0.4) is 0 Å². The van der Waals surface area contributed by atoms with Gasteiger partial charge < -0.3 is 10.2 Å². The van der Waals surface area contributed by atoms with Gasteiger partial charge in [0.1, 0.15) is 0 Å². The molecular weight excluding hydrogens is 347 g/mol. The van der Waals surface area contributed by atoms with Crippen LogP contribution in [0.1, 0.15) is 25.7 Å². The molecule has 1 N–H and O–H groups in total. The molecule has 0 aromatic heterocycles. The number of carbonyl (C=O) groups excluding carboxylic acids is 2. The van der Waals surface area contributed by atoms with E-state index in [0.717, 1.165) is 12.1 Å². The topological polar surface area (TPSA) is 52.7 Å². The molecule has 0 bridgehead atoms. The molecule has 2 heterocycles. The zero-order valence-electron chi connectivity index (χ0n) is 14.4. The van der Waals surface area contributed by atoms with Crippen molar-refractivity contribution in [2.45, 2.75) is 31.9 Å². The number of hydrogen-bond donors (Lipinski definition) is 1. The van der Waals surface area contributed by atoms with Gasteiger partial charge in [-0.05, 0) is 50.1 Å². The van der Waals surface area contributed by atoms with Gasteiger partial charge in [0, 0.05) is 30.9 Å². The van der Waals surface area contributed by atoms with Gasteiger partial charge in [-0.1, -0.05) is 0 Å². The number of carbonyl (C=O) groups is 2. The van der Waals surface area contributed by atoms with E-state index in [1.165, 1.54) is 0 Å². The standard InChI is InChI=1S/C18H22F3N3O2/c19-18(20,21)13-3-1-9-23(11-13)12-16(25)22-14-5-7-15(8-6-14)24-10-2-4-17(24)26/h5-8,13H,1-4,9-12H2,(H,22,25)/t13-/m1/s1. The number of anilines is 2. The van der Waals surface area contributed by atoms with E-state index in [1.54, 1.807) is 34.1 Å². The molecule has 142 valence electrons. The quantitative estimate of drug-likeness (QED) is 0.888. The Morgan fingerprint density at radius 3 is 2.50 bits per heavy atom. The normalized spacial score (nSPS) is 21.9. The third kappa shape index (κ3) is 4.55. The summed E-state index contributed by atoms with van der Waals surface area (Å²) in [7, 11) is 0. The van der Waals surface area contributed by atoms with Gasteiger partial charge in [-0.15, -0.1) is 0 Å². The van der Waals surface area contributed by atoms with E-state index in [4.69, 9.17) is 0 Å². The van der Waals surface area contributed by atoms with Gasteiger partial charge in [0.25, 0.3) is 0 Å². The van der Waals surface area contributed by atoms with E-state index >= 15 is 0 Å². The number of nitrogens with one attached hydrogen (secondary N) is 1. The Hall–Kier alpha value is -2.09. The molecule has 2 aliphatic rings. The highest BCUT2D eigenvalue weighted by Crippen LogP contribution is 2.33. The van der Waals surface area contributed by atoms with Crippen LogP contribution in [-0.2, 0) is 9.59 Å². The van der Waals surface area contributed by atoms with E-state index < -0.39 is 12.1 Å². The van der Waals surface area contributed by atoms with Crippen LogP contribution in [0.4, 0.5) is 24.5 Å². The summed E-state index contributed by atoms with van der Waals surface area (Å²) >= 11 is 0. The maximum Gasteiger partial charge on any atom is 0.393 e. The second-order valence-electron chi connectivity index (χ2n) is 6.86. The van der Waals surface area contributed by atoms with Gasteiger partial charge in [-0.2, -0.15) is 13.2 Å². The highest BCUT2D eigenvalue weighted by atomic mass is 19.4. The summed E-state index contributed by atoms with van der Waals surface area (Å²) < 4.78 is 38.5. The third-order valence-corrected chi connectivity index (χ3v) is 4.87. The Bertz CT molecular complexity index is 661. The molecule has 0 aliphatic carbocycles. The van der Waals surface area contributed by atoms with E-state index in [-0.39, 0.29) is 31.3 Å². The van der Waals surface area contributed by atoms with Gasteiger partial charge in [0.2, 0.25) is 11.8 Å². The first-order valence-electron chi connectivity index (χ1n) is 8.82. The summed E-state index contributed by atoms with van der Waals surface area (Å²) in [4.78, 5) is 27.1. The fraction of sp³-hybridized carbons (Fsp3) is 0.556. The van der Waals surface area contributed by atoms with Crippen LogP contribution in [-0.4, -0.2) is 49.1 Å². The fourth-order valence-corrected chi connectivity index (χ4v) is 3.52. The monoisotopic (exact) mass is 369 g/mol. The summed E-state index contributed by atoms with van der Waals surface area (Å²) in [6.07, 6.45) is -2.26. The molecule has 0 spiro atoms. The number of rotatable bonds is 4. The maximum absolute atomic E-state index is 12.8. The van der Waals surface area contributed by atoms with Crippen LogP contribution >= 0.6 is 0 Å². The van der Waals surface area contributed by atoms with Crippen molar-refractivity contribution in [2.75, 3.05) is 36.4 Å². The number of nitrogens with zero attached hydrogens (tertiary/aromatic N) is 2. The van der Waals surface area contributed by atoms with Crippen molar-refractivity contribution in [3.63, 3.8) is 0 Å². The Kier molecular flexibility index (Phi) is 5.50. The SMILES string of the molecule is O=C(CN1CCC[C@@H](C(F)(F)F)C1)Nc1ccc(N2CCCC2=O)cc1. The highest BCUT2D eigenvalue weighted by Gasteiger charge is 2.41. The smallest absolute Gasteiger partial charge is 0.325 e. The Labute approximate surface area is 150 Å². The first kappa shape index (κ1) is 18.7. The molecule has 2 saturated heterocycles. The first-order chi connectivity index (χ1) is 12.3. The second-order valence-corrected chi connectivity index (χ2v) is 6.86. The van der Waals surface area contributed by atoms with Crippen molar-refractivity contribution < 1.29 is 22.8 Å². The summed E-state index contributed by atoms with van der Waals surface area (Å²) in [5.74, 6) is -1.61. The average molecular weight is 369 g/mol. The maximum atomic E-state index is 12.8.